The summed E-state index contributed by atoms with van der Waals surface area (Å²) in [6, 6.07) is -0.749. The highest BCUT2D eigenvalue weighted by atomic mass is 32.2. The van der Waals surface area contributed by atoms with E-state index in [0.717, 1.165) is 0 Å². The number of imidazole rings is 1. The Morgan fingerprint density at radius 2 is 1.85 bits per heavy atom. The van der Waals surface area contributed by atoms with Crippen molar-refractivity contribution in [3.05, 3.63) is 12.0 Å². The van der Waals surface area contributed by atoms with Crippen LogP contribution < -0.4 is 0 Å². The quantitative estimate of drug-likeness (QED) is 0.794. The fourth-order valence-corrected chi connectivity index (χ4v) is 5.14. The van der Waals surface area contributed by atoms with Crippen LogP contribution in [0.15, 0.2) is 11.2 Å². The lowest BCUT2D eigenvalue weighted by atomic mass is 9.96. The maximum Gasteiger partial charge on any atom is 0.326 e. The molecule has 1 amide bonds. The van der Waals surface area contributed by atoms with Crippen molar-refractivity contribution >= 4 is 21.9 Å². The lowest BCUT2D eigenvalue weighted by Gasteiger charge is -2.33. The first-order valence-electron chi connectivity index (χ1n) is 8.75. The Labute approximate surface area is 152 Å². The van der Waals surface area contributed by atoms with Gasteiger partial charge in [-0.3, -0.25) is 4.79 Å². The van der Waals surface area contributed by atoms with Crippen molar-refractivity contribution in [2.24, 2.45) is 13.0 Å². The molecule has 3 rings (SSSR count). The van der Waals surface area contributed by atoms with E-state index in [0.29, 0.717) is 38.1 Å². The Morgan fingerprint density at radius 3 is 2.38 bits per heavy atom. The van der Waals surface area contributed by atoms with E-state index in [-0.39, 0.29) is 29.9 Å². The number of carbonyl (C=O) groups excluding carboxylic acids is 1. The van der Waals surface area contributed by atoms with Crippen LogP contribution in [0.3, 0.4) is 0 Å². The van der Waals surface area contributed by atoms with Crippen molar-refractivity contribution in [1.82, 2.24) is 18.8 Å². The number of aliphatic carboxylic acids is 1. The largest absolute Gasteiger partial charge is 0.480 e. The zero-order chi connectivity index (χ0) is 19.1. The van der Waals surface area contributed by atoms with Crippen LogP contribution in [0.1, 0.15) is 31.5 Å². The Hall–Kier alpha value is -1.94. The van der Waals surface area contributed by atoms with Gasteiger partial charge in [0.25, 0.3) is 10.0 Å². The minimum absolute atomic E-state index is 0.0211. The van der Waals surface area contributed by atoms with E-state index in [4.69, 9.17) is 0 Å². The Balaban J connectivity index is 1.65. The maximum absolute atomic E-state index is 12.7. The first kappa shape index (κ1) is 18.8. The molecular weight excluding hydrogens is 360 g/mol. The SMILES string of the molecule is Cc1nc(S(=O)(=O)N2CCC(C(=O)N3CCC[C@@H]3C(=O)O)CC2)cn1C. The molecule has 144 valence electrons. The van der Waals surface area contributed by atoms with Crippen molar-refractivity contribution in [2.45, 2.75) is 43.7 Å². The first-order valence-corrected chi connectivity index (χ1v) is 10.2. The van der Waals surface area contributed by atoms with Crippen molar-refractivity contribution in [3.8, 4) is 0 Å². The van der Waals surface area contributed by atoms with Crippen molar-refractivity contribution in [1.29, 1.82) is 0 Å². The van der Waals surface area contributed by atoms with E-state index in [9.17, 15) is 23.1 Å². The van der Waals surface area contributed by atoms with Crippen LogP contribution in [-0.2, 0) is 26.7 Å². The van der Waals surface area contributed by atoms with Crippen LogP contribution in [0.5, 0.6) is 0 Å². The second-order valence-electron chi connectivity index (χ2n) is 6.94. The van der Waals surface area contributed by atoms with Gasteiger partial charge in [-0.1, -0.05) is 0 Å². The topological polar surface area (TPSA) is 113 Å². The molecule has 26 heavy (non-hydrogen) atoms. The molecule has 1 atom stereocenters. The molecule has 1 N–H and O–H groups in total. The Bertz CT molecular complexity index is 791. The van der Waals surface area contributed by atoms with Gasteiger partial charge >= 0.3 is 5.97 Å². The molecule has 10 heteroatoms. The first-order chi connectivity index (χ1) is 12.2. The zero-order valence-corrected chi connectivity index (χ0v) is 15.8. The van der Waals surface area contributed by atoms with E-state index in [2.05, 4.69) is 4.98 Å². The van der Waals surface area contributed by atoms with Crippen LogP contribution in [-0.4, -0.2) is 69.8 Å². The summed E-state index contributed by atoms with van der Waals surface area (Å²) in [7, 11) is -1.94. The molecule has 0 spiro atoms. The van der Waals surface area contributed by atoms with Crippen LogP contribution in [0, 0.1) is 12.8 Å². The van der Waals surface area contributed by atoms with Gasteiger partial charge in [0.2, 0.25) is 5.91 Å². The van der Waals surface area contributed by atoms with E-state index in [1.807, 2.05) is 0 Å². The van der Waals surface area contributed by atoms with Gasteiger partial charge < -0.3 is 14.6 Å². The second-order valence-corrected chi connectivity index (χ2v) is 8.83. The van der Waals surface area contributed by atoms with Gasteiger partial charge in [-0.15, -0.1) is 0 Å². The summed E-state index contributed by atoms with van der Waals surface area (Å²) in [5.41, 5.74) is 0. The molecule has 2 aliphatic heterocycles. The fourth-order valence-electron chi connectivity index (χ4n) is 3.65. The number of aromatic nitrogens is 2. The summed E-state index contributed by atoms with van der Waals surface area (Å²) in [5.74, 6) is -0.851. The van der Waals surface area contributed by atoms with E-state index >= 15 is 0 Å². The molecule has 2 saturated heterocycles. The zero-order valence-electron chi connectivity index (χ0n) is 15.0. The number of amides is 1. The Morgan fingerprint density at radius 1 is 1.19 bits per heavy atom. The minimum atomic E-state index is -3.67. The molecule has 0 bridgehead atoms. The maximum atomic E-state index is 12.7. The van der Waals surface area contributed by atoms with Gasteiger partial charge in [-0.05, 0) is 32.6 Å². The number of nitrogens with zero attached hydrogens (tertiary/aromatic N) is 4. The number of piperidine rings is 1. The Kier molecular flexibility index (Phi) is 5.07. The summed E-state index contributed by atoms with van der Waals surface area (Å²) in [5, 5.41) is 9.26. The molecule has 1 aromatic rings. The number of hydrogen-bond acceptors (Lipinski definition) is 5. The van der Waals surface area contributed by atoms with E-state index in [1.54, 1.807) is 18.5 Å². The van der Waals surface area contributed by atoms with Gasteiger partial charge in [0.1, 0.15) is 11.9 Å². The van der Waals surface area contributed by atoms with Gasteiger partial charge in [-0.2, -0.15) is 4.31 Å². The third kappa shape index (κ3) is 3.35. The molecule has 3 heterocycles. The molecule has 1 aromatic heterocycles. The molecule has 0 radical (unpaired) electrons. The van der Waals surface area contributed by atoms with Crippen molar-refractivity contribution < 1.29 is 23.1 Å². The monoisotopic (exact) mass is 384 g/mol. The fraction of sp³-hybridized carbons (Fsp3) is 0.688. The predicted molar refractivity (Wildman–Crippen MR) is 91.8 cm³/mol. The summed E-state index contributed by atoms with van der Waals surface area (Å²) in [4.78, 5) is 29.5. The number of aryl methyl sites for hydroxylation is 2. The van der Waals surface area contributed by atoms with Crippen LogP contribution in [0.4, 0.5) is 0 Å². The summed E-state index contributed by atoms with van der Waals surface area (Å²) in [6.07, 6.45) is 3.45. The molecule has 0 aliphatic carbocycles. The highest BCUT2D eigenvalue weighted by molar-refractivity contribution is 7.89. The number of likely N-dealkylation sites (tertiary alicyclic amines) is 1. The highest BCUT2D eigenvalue weighted by Crippen LogP contribution is 2.27. The second kappa shape index (κ2) is 6.99. The molecule has 9 nitrogen and oxygen atoms in total. The summed E-state index contributed by atoms with van der Waals surface area (Å²) >= 11 is 0. The van der Waals surface area contributed by atoms with E-state index in [1.165, 1.54) is 15.4 Å². The minimum Gasteiger partial charge on any atom is -0.480 e. The number of carboxylic acids is 1. The standard InChI is InChI=1S/C16H24N4O5S/c1-11-17-14(10-18(11)2)26(24,25)19-8-5-12(6-9-19)15(21)20-7-3-4-13(20)16(22)23/h10,12-13H,3-9H2,1-2H3,(H,22,23)/t13-/m1/s1. The molecule has 0 aromatic carbocycles. The average Bonchev–Trinajstić information content (AvgIpc) is 3.22. The lowest BCUT2D eigenvalue weighted by Crippen LogP contribution is -2.47. The highest BCUT2D eigenvalue weighted by Gasteiger charge is 2.39. The number of hydrogen-bond donors (Lipinski definition) is 1. The van der Waals surface area contributed by atoms with Crippen molar-refractivity contribution in [3.63, 3.8) is 0 Å². The molecule has 2 fully saturated rings. The average molecular weight is 384 g/mol. The smallest absolute Gasteiger partial charge is 0.326 e. The van der Waals surface area contributed by atoms with Crippen LogP contribution in [0.25, 0.3) is 0 Å². The van der Waals surface area contributed by atoms with Crippen molar-refractivity contribution in [2.75, 3.05) is 19.6 Å². The van der Waals surface area contributed by atoms with E-state index < -0.39 is 22.0 Å². The summed E-state index contributed by atoms with van der Waals surface area (Å²) in [6.45, 7) is 2.67. The van der Waals surface area contributed by atoms with Gasteiger partial charge in [-0.25, -0.2) is 18.2 Å². The number of sulfonamides is 1. The third-order valence-electron chi connectivity index (χ3n) is 5.31. The number of rotatable bonds is 4. The van der Waals surface area contributed by atoms with Crippen LogP contribution >= 0.6 is 0 Å². The number of carboxylic acid groups (broad SMARTS) is 1. The van der Waals surface area contributed by atoms with Crippen LogP contribution in [0.2, 0.25) is 0 Å². The summed E-state index contributed by atoms with van der Waals surface area (Å²) < 4.78 is 28.4. The van der Waals surface area contributed by atoms with Gasteiger partial charge in [0, 0.05) is 38.8 Å². The molecular formula is C16H24N4O5S. The predicted octanol–water partition coefficient (Wildman–Crippen LogP) is 0.205. The van der Waals surface area contributed by atoms with Gasteiger partial charge in [0.15, 0.2) is 5.03 Å². The number of carbonyl (C=O) groups is 2. The molecule has 0 unspecified atom stereocenters. The molecule has 2 aliphatic rings. The normalized spacial score (nSPS) is 22.7. The lowest BCUT2D eigenvalue weighted by molar-refractivity contribution is -0.150. The third-order valence-corrected chi connectivity index (χ3v) is 7.09. The molecule has 0 saturated carbocycles. The van der Waals surface area contributed by atoms with Gasteiger partial charge in [0.05, 0.1) is 0 Å².